The van der Waals surface area contributed by atoms with Gasteiger partial charge in [0, 0.05) is 49.1 Å². The lowest BCUT2D eigenvalue weighted by molar-refractivity contribution is 0.0343. The third-order valence-electron chi connectivity index (χ3n) is 8.25. The second kappa shape index (κ2) is 14.9. The van der Waals surface area contributed by atoms with Crippen molar-refractivity contribution in [2.24, 2.45) is 5.92 Å². The van der Waals surface area contributed by atoms with E-state index in [-0.39, 0.29) is 42.1 Å². The number of aliphatic hydroxyl groups is 1. The molecule has 4 aromatic rings. The number of hydrogen-bond donors (Lipinski definition) is 4. The van der Waals surface area contributed by atoms with E-state index in [0.29, 0.717) is 53.4 Å². The quantitative estimate of drug-likeness (QED) is 0.186. The second-order valence-corrected chi connectivity index (χ2v) is 11.9. The van der Waals surface area contributed by atoms with Gasteiger partial charge in [-0.3, -0.25) is 24.3 Å². The lowest BCUT2D eigenvalue weighted by Gasteiger charge is -2.38. The molecule has 11 heteroatoms. The second-order valence-electron chi connectivity index (χ2n) is 11.9. The van der Waals surface area contributed by atoms with Crippen LogP contribution in [0.3, 0.4) is 0 Å². The molecule has 1 aliphatic heterocycles. The molecule has 3 aromatic carbocycles. The van der Waals surface area contributed by atoms with Crippen molar-refractivity contribution in [3.63, 3.8) is 0 Å². The van der Waals surface area contributed by atoms with Crippen LogP contribution in [0.2, 0.25) is 0 Å². The number of benzene rings is 3. The number of carbonyl (C=O) groups excluding carboxylic acids is 3. The molecule has 0 unspecified atom stereocenters. The van der Waals surface area contributed by atoms with Crippen molar-refractivity contribution in [3.8, 4) is 5.75 Å². The first-order valence-corrected chi connectivity index (χ1v) is 15.5. The molecule has 5 rings (SSSR count). The molecule has 5 N–H and O–H groups in total. The lowest BCUT2D eigenvalue weighted by Crippen LogP contribution is -2.49. The third-order valence-corrected chi connectivity index (χ3v) is 8.25. The minimum atomic E-state index is -0.418. The average Bonchev–Trinajstić information content (AvgIpc) is 3.08. The van der Waals surface area contributed by atoms with Gasteiger partial charge in [0.15, 0.2) is 5.75 Å². The number of anilines is 3. The standard InChI is InChI=1S/C36H40N6O5/c1-23-19-42(24(2)22-43)36(46)28-7-6-10-31(40-35(45)27-15-17-38-18-16-27)33(28)47-32(23)21-41(3)20-25-11-13-26(14-12-25)34(44)39-30-9-5-4-8-29(30)37/h4-18,23-24,32,43H,19-22,37H2,1-3H3,(H,39,44)(H,40,45)/t23-,24-,32-/m0/s1. The van der Waals surface area contributed by atoms with Gasteiger partial charge in [0.05, 0.1) is 35.3 Å². The fourth-order valence-corrected chi connectivity index (χ4v) is 5.51. The van der Waals surface area contributed by atoms with Crippen LogP contribution < -0.4 is 21.1 Å². The van der Waals surface area contributed by atoms with E-state index < -0.39 is 6.04 Å². The summed E-state index contributed by atoms with van der Waals surface area (Å²) in [4.78, 5) is 47.4. The zero-order valence-electron chi connectivity index (χ0n) is 26.7. The van der Waals surface area contributed by atoms with Crippen molar-refractivity contribution >= 4 is 34.8 Å². The average molecular weight is 637 g/mol. The van der Waals surface area contributed by atoms with Gasteiger partial charge in [-0.1, -0.05) is 37.3 Å². The Hall–Kier alpha value is -5.26. The van der Waals surface area contributed by atoms with E-state index in [2.05, 4.69) is 20.5 Å². The molecule has 1 aliphatic rings. The molecule has 3 atom stereocenters. The Balaban J connectivity index is 1.34. The first-order chi connectivity index (χ1) is 22.6. The van der Waals surface area contributed by atoms with Crippen LogP contribution in [0.15, 0.2) is 91.3 Å². The van der Waals surface area contributed by atoms with Crippen LogP contribution in [0.1, 0.15) is 50.5 Å². The molecular formula is C36H40N6O5. The molecule has 0 saturated heterocycles. The number of carbonyl (C=O) groups is 3. The summed E-state index contributed by atoms with van der Waals surface area (Å²) in [6.45, 7) is 5.08. The first-order valence-electron chi connectivity index (χ1n) is 15.5. The Morgan fingerprint density at radius 1 is 0.979 bits per heavy atom. The number of nitrogen functional groups attached to an aromatic ring is 1. The number of fused-ring (bicyclic) bond motifs is 1. The van der Waals surface area contributed by atoms with E-state index in [4.69, 9.17) is 10.5 Å². The monoisotopic (exact) mass is 636 g/mol. The minimum Gasteiger partial charge on any atom is -0.486 e. The van der Waals surface area contributed by atoms with Crippen LogP contribution in [-0.2, 0) is 6.54 Å². The van der Waals surface area contributed by atoms with Crippen molar-refractivity contribution in [1.82, 2.24) is 14.8 Å². The highest BCUT2D eigenvalue weighted by Gasteiger charge is 2.34. The Bertz CT molecular complexity index is 1710. The van der Waals surface area contributed by atoms with Gasteiger partial charge in [-0.05, 0) is 68.1 Å². The highest BCUT2D eigenvalue weighted by Crippen LogP contribution is 2.35. The maximum atomic E-state index is 13.8. The summed E-state index contributed by atoms with van der Waals surface area (Å²) in [7, 11) is 1.98. The molecule has 0 spiro atoms. The van der Waals surface area contributed by atoms with Gasteiger partial charge in [-0.2, -0.15) is 0 Å². The fourth-order valence-electron chi connectivity index (χ4n) is 5.51. The van der Waals surface area contributed by atoms with Gasteiger partial charge in [-0.15, -0.1) is 0 Å². The lowest BCUT2D eigenvalue weighted by atomic mass is 9.98. The summed E-state index contributed by atoms with van der Waals surface area (Å²) in [5.41, 5.74) is 9.63. The van der Waals surface area contributed by atoms with Gasteiger partial charge >= 0.3 is 0 Å². The minimum absolute atomic E-state index is 0.121. The first kappa shape index (κ1) is 33.1. The number of para-hydroxylation sites is 3. The summed E-state index contributed by atoms with van der Waals surface area (Å²) in [5, 5.41) is 15.7. The van der Waals surface area contributed by atoms with Gasteiger partial charge in [-0.25, -0.2) is 0 Å². The number of ether oxygens (including phenoxy) is 1. The van der Waals surface area contributed by atoms with Crippen LogP contribution in [0.5, 0.6) is 5.75 Å². The maximum absolute atomic E-state index is 13.8. The molecule has 2 heterocycles. The Morgan fingerprint density at radius 2 is 1.62 bits per heavy atom. The van der Waals surface area contributed by atoms with Crippen molar-refractivity contribution in [2.75, 3.05) is 43.1 Å². The molecule has 47 heavy (non-hydrogen) atoms. The zero-order valence-corrected chi connectivity index (χ0v) is 26.7. The molecule has 0 aliphatic carbocycles. The Morgan fingerprint density at radius 3 is 2.30 bits per heavy atom. The normalized spacial score (nSPS) is 16.8. The van der Waals surface area contributed by atoms with Gasteiger partial charge in [0.25, 0.3) is 17.7 Å². The predicted octanol–water partition coefficient (Wildman–Crippen LogP) is 4.52. The summed E-state index contributed by atoms with van der Waals surface area (Å²) < 4.78 is 6.63. The number of nitrogens with one attached hydrogen (secondary N) is 2. The van der Waals surface area contributed by atoms with Crippen LogP contribution >= 0.6 is 0 Å². The number of pyridine rings is 1. The molecule has 0 radical (unpaired) electrons. The summed E-state index contributed by atoms with van der Waals surface area (Å²) in [6.07, 6.45) is 2.70. The van der Waals surface area contributed by atoms with Crippen molar-refractivity contribution in [1.29, 1.82) is 0 Å². The van der Waals surface area contributed by atoms with E-state index in [1.54, 1.807) is 59.5 Å². The van der Waals surface area contributed by atoms with E-state index in [0.717, 1.165) is 5.56 Å². The van der Waals surface area contributed by atoms with Gasteiger partial charge in [0.2, 0.25) is 0 Å². The molecule has 0 fully saturated rings. The number of hydrogen-bond acceptors (Lipinski definition) is 8. The number of nitrogens with two attached hydrogens (primary N) is 1. The number of amides is 3. The topological polar surface area (TPSA) is 150 Å². The molecular weight excluding hydrogens is 596 g/mol. The predicted molar refractivity (Wildman–Crippen MR) is 181 cm³/mol. The van der Waals surface area contributed by atoms with Crippen molar-refractivity contribution in [2.45, 2.75) is 32.5 Å². The zero-order chi connectivity index (χ0) is 33.5. The van der Waals surface area contributed by atoms with Gasteiger partial charge < -0.3 is 31.1 Å². The SMILES string of the molecule is C[C@H]1CN([C@@H](C)CO)C(=O)c2cccc(NC(=O)c3ccncc3)c2O[C@H]1CN(C)Cc1ccc(C(=O)Nc2ccccc2N)cc1. The van der Waals surface area contributed by atoms with E-state index >= 15 is 0 Å². The number of aliphatic hydroxyl groups excluding tert-OH is 1. The summed E-state index contributed by atoms with van der Waals surface area (Å²) >= 11 is 0. The van der Waals surface area contributed by atoms with Crippen LogP contribution in [-0.4, -0.2) is 76.5 Å². The van der Waals surface area contributed by atoms with Gasteiger partial charge in [0.1, 0.15) is 6.10 Å². The molecule has 1 aromatic heterocycles. The third kappa shape index (κ3) is 7.94. The van der Waals surface area contributed by atoms with E-state index in [1.807, 2.05) is 45.2 Å². The Labute approximate surface area is 274 Å². The summed E-state index contributed by atoms with van der Waals surface area (Å²) in [5.74, 6) is -0.718. The fraction of sp³-hybridized carbons (Fsp3) is 0.278. The van der Waals surface area contributed by atoms with E-state index in [9.17, 15) is 19.5 Å². The smallest absolute Gasteiger partial charge is 0.258 e. The highest BCUT2D eigenvalue weighted by molar-refractivity contribution is 6.07. The van der Waals surface area contributed by atoms with Crippen molar-refractivity contribution < 1.29 is 24.2 Å². The van der Waals surface area contributed by atoms with Crippen LogP contribution in [0, 0.1) is 5.92 Å². The molecule has 11 nitrogen and oxygen atoms in total. The largest absolute Gasteiger partial charge is 0.486 e. The molecule has 244 valence electrons. The van der Waals surface area contributed by atoms with Crippen LogP contribution in [0.4, 0.5) is 17.1 Å². The molecule has 0 bridgehead atoms. The molecule has 0 saturated carbocycles. The summed E-state index contributed by atoms with van der Waals surface area (Å²) in [6, 6.07) is 22.4. The molecule has 3 amide bonds. The number of likely N-dealkylation sites (N-methyl/N-ethyl adjacent to an activating group) is 1. The number of aromatic nitrogens is 1. The number of rotatable bonds is 10. The Kier molecular flexibility index (Phi) is 10.5. The van der Waals surface area contributed by atoms with Crippen LogP contribution in [0.25, 0.3) is 0 Å². The highest BCUT2D eigenvalue weighted by atomic mass is 16.5. The maximum Gasteiger partial charge on any atom is 0.258 e. The van der Waals surface area contributed by atoms with Crippen molar-refractivity contribution in [3.05, 3.63) is 114 Å². The van der Waals surface area contributed by atoms with E-state index in [1.165, 1.54) is 12.4 Å². The number of nitrogens with zero attached hydrogens (tertiary/aromatic N) is 3.